The highest BCUT2D eigenvalue weighted by atomic mass is 35.5. The first-order chi connectivity index (χ1) is 7.41. The summed E-state index contributed by atoms with van der Waals surface area (Å²) in [5, 5.41) is 9.86. The minimum atomic E-state index is -0.562. The molecule has 0 aliphatic carbocycles. The predicted octanol–water partition coefficient (Wildman–Crippen LogP) is 1.31. The second-order valence-electron chi connectivity index (χ2n) is 3.71. The molecule has 0 bridgehead atoms. The van der Waals surface area contributed by atoms with Gasteiger partial charge in [0.25, 0.3) is 0 Å². The summed E-state index contributed by atoms with van der Waals surface area (Å²) in [6.07, 6.45) is -0.562. The number of halogens is 1. The average Bonchev–Trinajstić information content (AvgIpc) is 2.15. The van der Waals surface area contributed by atoms with Gasteiger partial charge in [0.05, 0.1) is 23.4 Å². The van der Waals surface area contributed by atoms with Gasteiger partial charge in [-0.1, -0.05) is 17.7 Å². The van der Waals surface area contributed by atoms with E-state index in [1.807, 2.05) is 0 Å². The number of nitrogens with zero attached hydrogens (tertiary/aromatic N) is 1. The van der Waals surface area contributed by atoms with Gasteiger partial charge in [0, 0.05) is 7.05 Å². The molecule has 5 heteroatoms. The zero-order valence-electron chi connectivity index (χ0n) is 9.27. The molecule has 0 heterocycles. The monoisotopic (exact) mass is 242 g/mol. The lowest BCUT2D eigenvalue weighted by Crippen LogP contribution is -2.30. The molecule has 0 fully saturated rings. The zero-order valence-corrected chi connectivity index (χ0v) is 10.0. The molecule has 0 saturated carbocycles. The van der Waals surface area contributed by atoms with Gasteiger partial charge in [-0.2, -0.15) is 0 Å². The molecule has 1 aromatic carbocycles. The highest BCUT2D eigenvalue weighted by Crippen LogP contribution is 2.28. The zero-order chi connectivity index (χ0) is 12.3. The number of anilines is 1. The largest absolute Gasteiger partial charge is 0.389 e. The summed E-state index contributed by atoms with van der Waals surface area (Å²) in [5.41, 5.74) is 6.55. The Morgan fingerprint density at radius 1 is 1.62 bits per heavy atom. The van der Waals surface area contributed by atoms with Crippen LogP contribution in [0, 0.1) is 0 Å². The molecule has 16 heavy (non-hydrogen) atoms. The molecule has 0 radical (unpaired) electrons. The fourth-order valence-electron chi connectivity index (χ4n) is 1.41. The number of carbonyl (C=O) groups is 1. The van der Waals surface area contributed by atoms with Crippen LogP contribution in [0.2, 0.25) is 5.02 Å². The lowest BCUT2D eigenvalue weighted by atomic mass is 10.1. The predicted molar refractivity (Wildman–Crippen MR) is 64.6 cm³/mol. The van der Waals surface area contributed by atoms with Crippen molar-refractivity contribution in [2.75, 3.05) is 18.5 Å². The summed E-state index contributed by atoms with van der Waals surface area (Å²) >= 11 is 6.05. The van der Waals surface area contributed by atoms with E-state index < -0.39 is 12.0 Å². The van der Waals surface area contributed by atoms with E-state index in [2.05, 4.69) is 0 Å². The van der Waals surface area contributed by atoms with Crippen LogP contribution in [0.3, 0.4) is 0 Å². The molecular weight excluding hydrogens is 228 g/mol. The molecule has 3 N–H and O–H groups in total. The Hall–Kier alpha value is -1.26. The number of benzene rings is 1. The Labute approximate surface area is 99.6 Å². The molecule has 0 aromatic heterocycles. The summed E-state index contributed by atoms with van der Waals surface area (Å²) in [6.45, 7) is 1.77. The quantitative estimate of drug-likeness (QED) is 0.837. The molecule has 0 spiro atoms. The highest BCUT2D eigenvalue weighted by Gasteiger charge is 2.10. The molecule has 0 aliphatic rings. The number of primary amides is 1. The number of hydrogen-bond acceptors (Lipinski definition) is 3. The maximum absolute atomic E-state index is 10.8. The van der Waals surface area contributed by atoms with Gasteiger partial charge >= 0.3 is 0 Å². The highest BCUT2D eigenvalue weighted by molar-refractivity contribution is 6.33. The van der Waals surface area contributed by atoms with Crippen molar-refractivity contribution in [1.82, 2.24) is 0 Å². The maximum Gasteiger partial charge on any atom is 0.236 e. The first-order valence-electron chi connectivity index (χ1n) is 4.88. The lowest BCUT2D eigenvalue weighted by molar-refractivity contribution is -0.116. The molecular formula is C11H15ClN2O2. The van der Waals surface area contributed by atoms with Crippen LogP contribution in [0.25, 0.3) is 0 Å². The molecule has 0 aliphatic heterocycles. The molecule has 1 atom stereocenters. The van der Waals surface area contributed by atoms with E-state index >= 15 is 0 Å². The van der Waals surface area contributed by atoms with Crippen molar-refractivity contribution in [3.8, 4) is 0 Å². The Balaban J connectivity index is 2.94. The Kier molecular flexibility index (Phi) is 4.15. The van der Waals surface area contributed by atoms with Crippen molar-refractivity contribution in [2.24, 2.45) is 5.73 Å². The SMILES string of the molecule is C[C@H](O)c1ccc(N(C)CC(N)=O)c(Cl)c1. The van der Waals surface area contributed by atoms with E-state index in [1.165, 1.54) is 0 Å². The number of aliphatic hydroxyl groups is 1. The van der Waals surface area contributed by atoms with Gasteiger partial charge < -0.3 is 15.7 Å². The van der Waals surface area contributed by atoms with Crippen LogP contribution in [-0.2, 0) is 4.79 Å². The molecule has 0 unspecified atom stereocenters. The first-order valence-corrected chi connectivity index (χ1v) is 5.26. The van der Waals surface area contributed by atoms with Gasteiger partial charge in [-0.25, -0.2) is 0 Å². The van der Waals surface area contributed by atoms with E-state index in [4.69, 9.17) is 17.3 Å². The van der Waals surface area contributed by atoms with Gasteiger partial charge in [-0.15, -0.1) is 0 Å². The third kappa shape index (κ3) is 3.12. The van der Waals surface area contributed by atoms with E-state index in [-0.39, 0.29) is 6.54 Å². The Morgan fingerprint density at radius 3 is 2.69 bits per heavy atom. The van der Waals surface area contributed by atoms with E-state index in [0.29, 0.717) is 10.7 Å². The Morgan fingerprint density at radius 2 is 2.25 bits per heavy atom. The van der Waals surface area contributed by atoms with Crippen molar-refractivity contribution in [3.63, 3.8) is 0 Å². The van der Waals surface area contributed by atoms with Crippen LogP contribution in [0.1, 0.15) is 18.6 Å². The van der Waals surface area contributed by atoms with E-state index in [0.717, 1.165) is 5.56 Å². The third-order valence-electron chi connectivity index (χ3n) is 2.26. The van der Waals surface area contributed by atoms with Crippen molar-refractivity contribution in [1.29, 1.82) is 0 Å². The summed E-state index contributed by atoms with van der Waals surface area (Å²) in [6, 6.07) is 5.20. The fourth-order valence-corrected chi connectivity index (χ4v) is 1.74. The third-order valence-corrected chi connectivity index (χ3v) is 2.56. The topological polar surface area (TPSA) is 66.6 Å². The molecule has 4 nitrogen and oxygen atoms in total. The van der Waals surface area contributed by atoms with Gasteiger partial charge in [0.2, 0.25) is 5.91 Å². The molecule has 1 amide bonds. The van der Waals surface area contributed by atoms with E-state index in [1.54, 1.807) is 37.1 Å². The summed E-state index contributed by atoms with van der Waals surface area (Å²) in [5.74, 6) is -0.418. The number of amides is 1. The number of nitrogens with two attached hydrogens (primary N) is 1. The van der Waals surface area contributed by atoms with Crippen LogP contribution < -0.4 is 10.6 Å². The second-order valence-corrected chi connectivity index (χ2v) is 4.12. The van der Waals surface area contributed by atoms with Crippen molar-refractivity contribution < 1.29 is 9.90 Å². The summed E-state index contributed by atoms with van der Waals surface area (Å²) in [4.78, 5) is 12.4. The van der Waals surface area contributed by atoms with Crippen molar-refractivity contribution in [3.05, 3.63) is 28.8 Å². The Bertz CT molecular complexity index is 394. The van der Waals surface area contributed by atoms with Crippen molar-refractivity contribution >= 4 is 23.2 Å². The van der Waals surface area contributed by atoms with Crippen LogP contribution in [-0.4, -0.2) is 24.6 Å². The van der Waals surface area contributed by atoms with Gasteiger partial charge in [-0.3, -0.25) is 4.79 Å². The number of rotatable bonds is 4. The van der Waals surface area contributed by atoms with Crippen LogP contribution in [0.5, 0.6) is 0 Å². The van der Waals surface area contributed by atoms with Gasteiger partial charge in [-0.05, 0) is 24.6 Å². The van der Waals surface area contributed by atoms with Crippen molar-refractivity contribution in [2.45, 2.75) is 13.0 Å². The second kappa shape index (κ2) is 5.18. The number of hydrogen-bond donors (Lipinski definition) is 2. The summed E-state index contributed by atoms with van der Waals surface area (Å²) in [7, 11) is 1.73. The number of carbonyl (C=O) groups excluding carboxylic acids is 1. The maximum atomic E-state index is 10.8. The standard InChI is InChI=1S/C11H15ClN2O2/c1-7(15)8-3-4-10(9(12)5-8)14(2)6-11(13)16/h3-5,7,15H,6H2,1-2H3,(H2,13,16)/t7-/m0/s1. The van der Waals surface area contributed by atoms with Gasteiger partial charge in [0.1, 0.15) is 0 Å². The summed E-state index contributed by atoms with van der Waals surface area (Å²) < 4.78 is 0. The minimum Gasteiger partial charge on any atom is -0.389 e. The van der Waals surface area contributed by atoms with E-state index in [9.17, 15) is 9.90 Å². The lowest BCUT2D eigenvalue weighted by Gasteiger charge is -2.19. The number of likely N-dealkylation sites (N-methyl/N-ethyl adjacent to an activating group) is 1. The molecule has 1 rings (SSSR count). The van der Waals surface area contributed by atoms with Crippen LogP contribution in [0.15, 0.2) is 18.2 Å². The number of aliphatic hydroxyl groups excluding tert-OH is 1. The van der Waals surface area contributed by atoms with Crippen LogP contribution in [0.4, 0.5) is 5.69 Å². The molecule has 88 valence electrons. The normalized spacial score (nSPS) is 12.2. The smallest absolute Gasteiger partial charge is 0.236 e. The minimum absolute atomic E-state index is 0.105. The average molecular weight is 243 g/mol. The fraction of sp³-hybridized carbons (Fsp3) is 0.364. The first kappa shape index (κ1) is 12.8. The molecule has 1 aromatic rings. The van der Waals surface area contributed by atoms with Crippen LogP contribution >= 0.6 is 11.6 Å². The molecule has 0 saturated heterocycles. The van der Waals surface area contributed by atoms with Gasteiger partial charge in [0.15, 0.2) is 0 Å².